The molecule has 0 aliphatic heterocycles. The van der Waals surface area contributed by atoms with Gasteiger partial charge in [-0.3, -0.25) is 0 Å². The third-order valence-corrected chi connectivity index (χ3v) is 3.37. The van der Waals surface area contributed by atoms with Crippen molar-refractivity contribution in [3.63, 3.8) is 0 Å². The first-order chi connectivity index (χ1) is 10.8. The number of nitrogens with two attached hydrogens (primary N) is 2. The predicted octanol–water partition coefficient (Wildman–Crippen LogP) is 2.57. The molecule has 5 N–H and O–H groups in total. The number of thiazole rings is 1. The van der Waals surface area contributed by atoms with E-state index in [1.807, 2.05) is 0 Å². The van der Waals surface area contributed by atoms with Crippen molar-refractivity contribution in [2.45, 2.75) is 6.18 Å². The summed E-state index contributed by atoms with van der Waals surface area (Å²) in [5.74, 6) is 5.12. The fraction of sp³-hybridized carbons (Fsp3) is 0.0769. The number of benzene rings is 1. The van der Waals surface area contributed by atoms with Crippen molar-refractivity contribution in [3.8, 4) is 17.0 Å². The third-order valence-electron chi connectivity index (χ3n) is 2.65. The van der Waals surface area contributed by atoms with E-state index in [9.17, 15) is 13.2 Å². The van der Waals surface area contributed by atoms with Crippen molar-refractivity contribution in [3.05, 3.63) is 46.6 Å². The molecular weight excluding hydrogens is 331 g/mol. The molecule has 10 heteroatoms. The van der Waals surface area contributed by atoms with Crippen LogP contribution in [0.5, 0.6) is 10.9 Å². The van der Waals surface area contributed by atoms with Crippen LogP contribution in [0.15, 0.2) is 35.3 Å². The SMILES string of the molecule is N#C/C(NN)=C(/N)c1csc(Oc2cccc(C(F)(F)F)c2)n1. The average molecular weight is 341 g/mol. The fourth-order valence-electron chi connectivity index (χ4n) is 1.56. The first-order valence-electron chi connectivity index (χ1n) is 6.02. The van der Waals surface area contributed by atoms with Crippen molar-refractivity contribution < 1.29 is 17.9 Å². The summed E-state index contributed by atoms with van der Waals surface area (Å²) in [6.07, 6.45) is -4.46. The minimum absolute atomic E-state index is 0.00476. The number of allylic oxidation sites excluding steroid dienone is 1. The van der Waals surface area contributed by atoms with Crippen LogP contribution in [0, 0.1) is 11.3 Å². The molecule has 23 heavy (non-hydrogen) atoms. The van der Waals surface area contributed by atoms with Gasteiger partial charge in [-0.2, -0.15) is 18.4 Å². The van der Waals surface area contributed by atoms with E-state index in [2.05, 4.69) is 10.4 Å². The first-order valence-corrected chi connectivity index (χ1v) is 6.90. The fourth-order valence-corrected chi connectivity index (χ4v) is 2.25. The second-order valence-electron chi connectivity index (χ2n) is 4.17. The number of hydrazine groups is 1. The zero-order chi connectivity index (χ0) is 17.0. The molecule has 0 unspecified atom stereocenters. The predicted molar refractivity (Wildman–Crippen MR) is 77.7 cm³/mol. The van der Waals surface area contributed by atoms with E-state index in [4.69, 9.17) is 21.6 Å². The molecule has 0 aliphatic carbocycles. The lowest BCUT2D eigenvalue weighted by Gasteiger charge is -2.08. The second-order valence-corrected chi connectivity index (χ2v) is 4.99. The van der Waals surface area contributed by atoms with Crippen molar-refractivity contribution in [2.75, 3.05) is 0 Å². The Bertz CT molecular complexity index is 778. The lowest BCUT2D eigenvalue weighted by molar-refractivity contribution is -0.137. The largest absolute Gasteiger partial charge is 0.431 e. The summed E-state index contributed by atoms with van der Waals surface area (Å²) in [5.41, 5.74) is 7.15. The molecule has 120 valence electrons. The maximum Gasteiger partial charge on any atom is 0.416 e. The van der Waals surface area contributed by atoms with Gasteiger partial charge in [-0.1, -0.05) is 17.4 Å². The number of nitrogens with zero attached hydrogens (tertiary/aromatic N) is 2. The molecular formula is C13H10F3N5OS. The van der Waals surface area contributed by atoms with Gasteiger partial charge in [0.15, 0.2) is 5.70 Å². The second kappa shape index (κ2) is 6.55. The van der Waals surface area contributed by atoms with Crippen molar-refractivity contribution in [1.82, 2.24) is 10.4 Å². The van der Waals surface area contributed by atoms with Crippen LogP contribution < -0.4 is 21.7 Å². The Labute approximate surface area is 132 Å². The minimum atomic E-state index is -4.46. The molecule has 2 aromatic rings. The summed E-state index contributed by atoms with van der Waals surface area (Å²) >= 11 is 1.02. The van der Waals surface area contributed by atoms with Gasteiger partial charge in [0.25, 0.3) is 5.19 Å². The maximum absolute atomic E-state index is 12.6. The van der Waals surface area contributed by atoms with E-state index in [-0.39, 0.29) is 28.0 Å². The molecule has 0 bridgehead atoms. The Kier molecular flexibility index (Phi) is 4.73. The van der Waals surface area contributed by atoms with Gasteiger partial charge >= 0.3 is 6.18 Å². The summed E-state index contributed by atoms with van der Waals surface area (Å²) in [5, 5.41) is 10.4. The van der Waals surface area contributed by atoms with Crippen LogP contribution in [0.3, 0.4) is 0 Å². The number of alkyl halides is 3. The van der Waals surface area contributed by atoms with Gasteiger partial charge in [-0.15, -0.1) is 0 Å². The van der Waals surface area contributed by atoms with Crippen LogP contribution in [0.4, 0.5) is 13.2 Å². The van der Waals surface area contributed by atoms with Crippen molar-refractivity contribution >= 4 is 17.0 Å². The van der Waals surface area contributed by atoms with E-state index >= 15 is 0 Å². The summed E-state index contributed by atoms with van der Waals surface area (Å²) in [4.78, 5) is 4.00. The molecule has 0 atom stereocenters. The van der Waals surface area contributed by atoms with E-state index in [0.717, 1.165) is 23.5 Å². The molecule has 0 radical (unpaired) electrons. The van der Waals surface area contributed by atoms with Crippen molar-refractivity contribution in [1.29, 1.82) is 5.26 Å². The molecule has 2 rings (SSSR count). The topological polar surface area (TPSA) is 110 Å². The van der Waals surface area contributed by atoms with Crippen molar-refractivity contribution in [2.24, 2.45) is 11.6 Å². The highest BCUT2D eigenvalue weighted by Crippen LogP contribution is 2.33. The highest BCUT2D eigenvalue weighted by atomic mass is 32.1. The number of nitriles is 1. The number of hydrogen-bond donors (Lipinski definition) is 3. The Balaban J connectivity index is 2.24. The van der Waals surface area contributed by atoms with E-state index in [1.165, 1.54) is 17.5 Å². The molecule has 0 fully saturated rings. The molecule has 0 amide bonds. The molecule has 0 saturated heterocycles. The molecule has 0 saturated carbocycles. The van der Waals surface area contributed by atoms with Gasteiger partial charge in [0.05, 0.1) is 11.3 Å². The Morgan fingerprint density at radius 2 is 2.13 bits per heavy atom. The van der Waals surface area contributed by atoms with Gasteiger partial charge in [0, 0.05) is 5.38 Å². The van der Waals surface area contributed by atoms with E-state index < -0.39 is 11.7 Å². The number of nitrogens with one attached hydrogen (secondary N) is 1. The Morgan fingerprint density at radius 3 is 2.74 bits per heavy atom. The summed E-state index contributed by atoms with van der Waals surface area (Å²) < 4.78 is 43.2. The average Bonchev–Trinajstić information content (AvgIpc) is 2.96. The lowest BCUT2D eigenvalue weighted by atomic mass is 10.2. The molecule has 1 aromatic heterocycles. The molecule has 1 aromatic carbocycles. The number of ether oxygens (including phenoxy) is 1. The highest BCUT2D eigenvalue weighted by molar-refractivity contribution is 7.11. The number of aromatic nitrogens is 1. The number of rotatable bonds is 4. The maximum atomic E-state index is 12.6. The van der Waals surface area contributed by atoms with Gasteiger partial charge < -0.3 is 15.9 Å². The highest BCUT2D eigenvalue weighted by Gasteiger charge is 2.30. The molecule has 0 spiro atoms. The zero-order valence-electron chi connectivity index (χ0n) is 11.4. The van der Waals surface area contributed by atoms with Crippen LogP contribution >= 0.6 is 11.3 Å². The van der Waals surface area contributed by atoms with E-state index in [1.54, 1.807) is 6.07 Å². The van der Waals surface area contributed by atoms with Crippen LogP contribution in [0.1, 0.15) is 11.3 Å². The summed E-state index contributed by atoms with van der Waals surface area (Å²) in [7, 11) is 0. The van der Waals surface area contributed by atoms with Crippen LogP contribution in [0.2, 0.25) is 0 Å². The van der Waals surface area contributed by atoms with Gasteiger partial charge in [0.1, 0.15) is 17.5 Å². The van der Waals surface area contributed by atoms with Gasteiger partial charge in [-0.05, 0) is 18.2 Å². The minimum Gasteiger partial charge on any atom is -0.431 e. The molecule has 6 nitrogen and oxygen atoms in total. The van der Waals surface area contributed by atoms with Gasteiger partial charge in [0.2, 0.25) is 0 Å². The van der Waals surface area contributed by atoms with Crippen LogP contribution in [0.25, 0.3) is 5.70 Å². The molecule has 1 heterocycles. The summed E-state index contributed by atoms with van der Waals surface area (Å²) in [6, 6.07) is 6.15. The number of halogens is 3. The van der Waals surface area contributed by atoms with Crippen LogP contribution in [-0.4, -0.2) is 4.98 Å². The van der Waals surface area contributed by atoms with Gasteiger partial charge in [-0.25, -0.2) is 10.8 Å². The third kappa shape index (κ3) is 3.91. The normalized spacial score (nSPS) is 12.3. The smallest absolute Gasteiger partial charge is 0.416 e. The Hall–Kier alpha value is -2.77. The lowest BCUT2D eigenvalue weighted by Crippen LogP contribution is -2.23. The first kappa shape index (κ1) is 16.6. The van der Waals surface area contributed by atoms with Crippen LogP contribution in [-0.2, 0) is 6.18 Å². The molecule has 0 aliphatic rings. The standard InChI is InChI=1S/C13H10F3N5OS/c14-13(15,16)7-2-1-3-8(4-7)22-12-20-10(6-23-12)11(18)9(5-17)21-19/h1-4,6,21H,18-19H2/b11-9-. The van der Waals surface area contributed by atoms with E-state index in [0.29, 0.717) is 0 Å². The quantitative estimate of drug-likeness (QED) is 0.448. The summed E-state index contributed by atoms with van der Waals surface area (Å²) in [6.45, 7) is 0. The number of hydrogen-bond acceptors (Lipinski definition) is 7. The Morgan fingerprint density at radius 1 is 1.39 bits per heavy atom. The monoisotopic (exact) mass is 341 g/mol. The zero-order valence-corrected chi connectivity index (χ0v) is 12.2.